The lowest BCUT2D eigenvalue weighted by atomic mass is 10.2. The molecule has 1 aromatic rings. The molecular weight excluding hydrogens is 288 g/mol. The summed E-state index contributed by atoms with van der Waals surface area (Å²) in [5.74, 6) is -0.647. The summed E-state index contributed by atoms with van der Waals surface area (Å²) in [7, 11) is -2.71. The van der Waals surface area contributed by atoms with Gasteiger partial charge in [0, 0.05) is 0 Å². The minimum absolute atomic E-state index is 0.0275. The van der Waals surface area contributed by atoms with Crippen molar-refractivity contribution in [2.75, 3.05) is 13.4 Å². The predicted molar refractivity (Wildman–Crippen MR) is 73.1 cm³/mol. The molecule has 0 bridgehead atoms. The van der Waals surface area contributed by atoms with Crippen LogP contribution in [-0.4, -0.2) is 27.8 Å². The zero-order chi connectivity index (χ0) is 14.5. The molecule has 5 nitrogen and oxygen atoms in total. The van der Waals surface area contributed by atoms with Crippen LogP contribution in [0.15, 0.2) is 40.3 Å². The monoisotopic (exact) mass is 302 g/mol. The average molecular weight is 302 g/mol. The molecule has 0 N–H and O–H groups in total. The van der Waals surface area contributed by atoms with Crippen molar-refractivity contribution < 1.29 is 22.1 Å². The molecule has 0 saturated carbocycles. The van der Waals surface area contributed by atoms with Gasteiger partial charge in [0.1, 0.15) is 16.1 Å². The number of methoxy groups -OCH3 is 1. The van der Waals surface area contributed by atoms with E-state index in [-0.39, 0.29) is 9.80 Å². The van der Waals surface area contributed by atoms with Gasteiger partial charge in [-0.2, -0.15) is 8.42 Å². The van der Waals surface area contributed by atoms with Gasteiger partial charge in [0.2, 0.25) is 0 Å². The van der Waals surface area contributed by atoms with E-state index in [4.69, 9.17) is 4.18 Å². The molecule has 0 aromatic heterocycles. The van der Waals surface area contributed by atoms with Gasteiger partial charge in [-0.3, -0.25) is 0 Å². The summed E-state index contributed by atoms with van der Waals surface area (Å²) in [5.41, 5.74) is 0.939. The van der Waals surface area contributed by atoms with Gasteiger partial charge in [0.25, 0.3) is 0 Å². The fraction of sp³-hybridized carbons (Fsp3) is 0.250. The average Bonchev–Trinajstić information content (AvgIpc) is 2.39. The SMILES string of the molecule is COC(=O)/C(=C\OS(=O)(=O)c1ccc(C)cc1)SC. The molecule has 0 fully saturated rings. The quantitative estimate of drug-likeness (QED) is 0.359. The second kappa shape index (κ2) is 6.63. The number of ether oxygens (including phenoxy) is 1. The summed E-state index contributed by atoms with van der Waals surface area (Å²) in [6.07, 6.45) is 2.50. The molecule has 0 atom stereocenters. The number of thioether (sulfide) groups is 1. The molecule has 1 aromatic carbocycles. The standard InChI is InChI=1S/C12H14O5S2/c1-9-4-6-10(7-5-9)19(14,15)17-8-11(18-3)12(13)16-2/h4-8H,1-3H3/b11-8+. The van der Waals surface area contributed by atoms with E-state index < -0.39 is 16.1 Å². The van der Waals surface area contributed by atoms with E-state index >= 15 is 0 Å². The molecule has 0 aliphatic carbocycles. The molecule has 0 unspecified atom stereocenters. The second-order valence-electron chi connectivity index (χ2n) is 3.54. The minimum atomic E-state index is -3.92. The van der Waals surface area contributed by atoms with Crippen LogP contribution in [0.5, 0.6) is 0 Å². The van der Waals surface area contributed by atoms with Gasteiger partial charge >= 0.3 is 16.1 Å². The van der Waals surface area contributed by atoms with Gasteiger partial charge in [0.05, 0.1) is 7.11 Å². The molecule has 1 rings (SSSR count). The first-order valence-electron chi connectivity index (χ1n) is 5.23. The first-order valence-corrected chi connectivity index (χ1v) is 7.86. The summed E-state index contributed by atoms with van der Waals surface area (Å²) in [5, 5.41) is 0. The Balaban J connectivity index is 2.94. The Morgan fingerprint density at radius 1 is 1.26 bits per heavy atom. The third-order valence-electron chi connectivity index (χ3n) is 2.20. The number of carbonyl (C=O) groups is 1. The molecule has 0 saturated heterocycles. The zero-order valence-corrected chi connectivity index (χ0v) is 12.4. The van der Waals surface area contributed by atoms with Crippen molar-refractivity contribution in [3.05, 3.63) is 41.0 Å². The lowest BCUT2D eigenvalue weighted by molar-refractivity contribution is -0.135. The van der Waals surface area contributed by atoms with Crippen LogP contribution in [-0.2, 0) is 23.8 Å². The van der Waals surface area contributed by atoms with Crippen molar-refractivity contribution in [3.8, 4) is 0 Å². The Labute approximate surface area is 116 Å². The Bertz CT molecular complexity index is 573. The first kappa shape index (κ1) is 15.6. The van der Waals surface area contributed by atoms with E-state index in [1.165, 1.54) is 19.2 Å². The Hall–Kier alpha value is -1.47. The number of rotatable bonds is 5. The third kappa shape index (κ3) is 4.29. The minimum Gasteiger partial charge on any atom is -0.465 e. The smallest absolute Gasteiger partial charge is 0.347 e. The Morgan fingerprint density at radius 2 is 1.84 bits per heavy atom. The first-order chi connectivity index (χ1) is 8.90. The van der Waals surface area contributed by atoms with Crippen molar-refractivity contribution in [2.45, 2.75) is 11.8 Å². The molecule has 19 heavy (non-hydrogen) atoms. The number of benzene rings is 1. The molecule has 104 valence electrons. The Kier molecular flexibility index (Phi) is 5.44. The van der Waals surface area contributed by atoms with Crippen LogP contribution in [0.3, 0.4) is 0 Å². The van der Waals surface area contributed by atoms with Crippen molar-refractivity contribution in [3.63, 3.8) is 0 Å². The predicted octanol–water partition coefficient (Wildman–Crippen LogP) is 2.08. The summed E-state index contributed by atoms with van der Waals surface area (Å²) in [6, 6.07) is 6.20. The molecule has 7 heteroatoms. The van der Waals surface area contributed by atoms with Crippen molar-refractivity contribution >= 4 is 27.8 Å². The van der Waals surface area contributed by atoms with Crippen LogP contribution in [0.4, 0.5) is 0 Å². The third-order valence-corrected chi connectivity index (χ3v) is 4.10. The number of hydrogen-bond acceptors (Lipinski definition) is 6. The highest BCUT2D eigenvalue weighted by Crippen LogP contribution is 2.18. The van der Waals surface area contributed by atoms with E-state index in [0.717, 1.165) is 23.6 Å². The van der Waals surface area contributed by atoms with E-state index in [0.29, 0.717) is 0 Å². The van der Waals surface area contributed by atoms with Crippen LogP contribution in [0.25, 0.3) is 0 Å². The maximum absolute atomic E-state index is 11.8. The zero-order valence-electron chi connectivity index (χ0n) is 10.7. The van der Waals surface area contributed by atoms with Crippen LogP contribution < -0.4 is 0 Å². The maximum atomic E-state index is 11.8. The molecule has 0 aliphatic rings. The molecule has 0 radical (unpaired) electrons. The van der Waals surface area contributed by atoms with Crippen LogP contribution in [0.2, 0.25) is 0 Å². The topological polar surface area (TPSA) is 69.7 Å². The molecule has 0 heterocycles. The molecular formula is C12H14O5S2. The van der Waals surface area contributed by atoms with E-state index in [1.54, 1.807) is 18.4 Å². The van der Waals surface area contributed by atoms with E-state index in [9.17, 15) is 13.2 Å². The van der Waals surface area contributed by atoms with Gasteiger partial charge in [-0.25, -0.2) is 4.79 Å². The Morgan fingerprint density at radius 3 is 2.32 bits per heavy atom. The number of carbonyl (C=O) groups excluding carboxylic acids is 1. The van der Waals surface area contributed by atoms with Gasteiger partial charge in [-0.1, -0.05) is 17.7 Å². The molecule has 0 amide bonds. The number of esters is 1. The highest BCUT2D eigenvalue weighted by atomic mass is 32.2. The van der Waals surface area contributed by atoms with Gasteiger partial charge in [-0.05, 0) is 25.3 Å². The van der Waals surface area contributed by atoms with Crippen molar-refractivity contribution in [1.82, 2.24) is 0 Å². The molecule has 0 spiro atoms. The largest absolute Gasteiger partial charge is 0.465 e. The summed E-state index contributed by atoms with van der Waals surface area (Å²) < 4.78 is 32.9. The van der Waals surface area contributed by atoms with Crippen LogP contribution >= 0.6 is 11.8 Å². The van der Waals surface area contributed by atoms with Gasteiger partial charge in [-0.15, -0.1) is 11.8 Å². The molecule has 0 aliphatic heterocycles. The highest BCUT2D eigenvalue weighted by Gasteiger charge is 2.16. The lowest BCUT2D eigenvalue weighted by Crippen LogP contribution is -2.06. The maximum Gasteiger partial charge on any atom is 0.347 e. The van der Waals surface area contributed by atoms with Crippen molar-refractivity contribution in [1.29, 1.82) is 0 Å². The number of hydrogen-bond donors (Lipinski definition) is 0. The van der Waals surface area contributed by atoms with E-state index in [2.05, 4.69) is 4.74 Å². The van der Waals surface area contributed by atoms with Crippen molar-refractivity contribution in [2.24, 2.45) is 0 Å². The fourth-order valence-corrected chi connectivity index (χ4v) is 2.41. The van der Waals surface area contributed by atoms with Gasteiger partial charge < -0.3 is 8.92 Å². The summed E-state index contributed by atoms with van der Waals surface area (Å²) >= 11 is 1.04. The summed E-state index contributed by atoms with van der Waals surface area (Å²) in [4.78, 5) is 11.4. The van der Waals surface area contributed by atoms with Crippen LogP contribution in [0.1, 0.15) is 5.56 Å². The van der Waals surface area contributed by atoms with E-state index in [1.807, 2.05) is 6.92 Å². The second-order valence-corrected chi connectivity index (χ2v) is 5.96. The fourth-order valence-electron chi connectivity index (χ4n) is 1.15. The van der Waals surface area contributed by atoms with Gasteiger partial charge in [0.15, 0.2) is 0 Å². The summed E-state index contributed by atoms with van der Waals surface area (Å²) in [6.45, 7) is 1.85. The normalized spacial score (nSPS) is 12.1. The highest BCUT2D eigenvalue weighted by molar-refractivity contribution is 8.03. The lowest BCUT2D eigenvalue weighted by Gasteiger charge is -2.05. The number of aryl methyl sites for hydroxylation is 1. The van der Waals surface area contributed by atoms with Crippen LogP contribution in [0, 0.1) is 6.92 Å².